The van der Waals surface area contributed by atoms with Crippen LogP contribution in [0, 0.1) is 12.7 Å². The van der Waals surface area contributed by atoms with Crippen molar-refractivity contribution in [2.24, 2.45) is 0 Å². The van der Waals surface area contributed by atoms with E-state index in [9.17, 15) is 14.0 Å². The summed E-state index contributed by atoms with van der Waals surface area (Å²) in [5.74, 6) is -1.31. The zero-order valence-corrected chi connectivity index (χ0v) is 13.8. The lowest BCUT2D eigenvalue weighted by Crippen LogP contribution is -2.15. The van der Waals surface area contributed by atoms with Gasteiger partial charge in [-0.2, -0.15) is 0 Å². The van der Waals surface area contributed by atoms with E-state index in [1.165, 1.54) is 25.1 Å². The normalized spacial score (nSPS) is 10.5. The van der Waals surface area contributed by atoms with E-state index in [4.69, 9.17) is 0 Å². The maximum absolute atomic E-state index is 14.0. The smallest absolute Gasteiger partial charge is 0.256 e. The number of rotatable bonds is 3. The van der Waals surface area contributed by atoms with Crippen LogP contribution in [-0.2, 0) is 4.79 Å². The van der Waals surface area contributed by atoms with E-state index in [2.05, 4.69) is 15.6 Å². The molecule has 0 radical (unpaired) electrons. The third-order valence-corrected chi connectivity index (χ3v) is 3.62. The number of nitrogens with one attached hydrogen (secondary N) is 2. The van der Waals surface area contributed by atoms with Gasteiger partial charge in [0.15, 0.2) is 0 Å². The summed E-state index contributed by atoms with van der Waals surface area (Å²) in [5, 5.41) is 5.81. The molecule has 25 heavy (non-hydrogen) atoms. The van der Waals surface area contributed by atoms with E-state index in [-0.39, 0.29) is 11.6 Å². The van der Waals surface area contributed by atoms with Crippen molar-refractivity contribution < 1.29 is 14.0 Å². The highest BCUT2D eigenvalue weighted by Crippen LogP contribution is 2.23. The van der Waals surface area contributed by atoms with E-state index < -0.39 is 11.7 Å². The molecule has 2 amide bonds. The topological polar surface area (TPSA) is 71.1 Å². The van der Waals surface area contributed by atoms with Crippen molar-refractivity contribution in [3.63, 3.8) is 0 Å². The molecule has 0 aliphatic heterocycles. The number of carbonyl (C=O) groups excluding carboxylic acids is 2. The van der Waals surface area contributed by atoms with Gasteiger partial charge in [0.1, 0.15) is 5.82 Å². The van der Waals surface area contributed by atoms with Crippen LogP contribution >= 0.6 is 0 Å². The third-order valence-electron chi connectivity index (χ3n) is 3.62. The van der Waals surface area contributed by atoms with Crippen LogP contribution in [0.3, 0.4) is 0 Å². The van der Waals surface area contributed by atoms with Gasteiger partial charge in [-0.25, -0.2) is 4.39 Å². The first kappa shape index (κ1) is 16.6. The molecular weight excluding hydrogens is 321 g/mol. The average Bonchev–Trinajstić information content (AvgIpc) is 2.56. The number of anilines is 2. The summed E-state index contributed by atoms with van der Waals surface area (Å²) in [6.45, 7) is 3.15. The molecule has 126 valence electrons. The molecular formula is C19H16FN3O2. The molecule has 1 aromatic heterocycles. The highest BCUT2D eigenvalue weighted by Gasteiger charge is 2.14. The molecule has 1 heterocycles. The van der Waals surface area contributed by atoms with Gasteiger partial charge in [0.05, 0.1) is 16.8 Å². The number of benzene rings is 2. The second-order valence-corrected chi connectivity index (χ2v) is 5.66. The molecule has 3 aromatic rings. The summed E-state index contributed by atoms with van der Waals surface area (Å²) < 4.78 is 14.0. The number of amides is 2. The summed E-state index contributed by atoms with van der Waals surface area (Å²) in [7, 11) is 0. The van der Waals surface area contributed by atoms with Crippen molar-refractivity contribution in [1.29, 1.82) is 0 Å². The highest BCUT2D eigenvalue weighted by molar-refractivity contribution is 6.12. The lowest BCUT2D eigenvalue weighted by molar-refractivity contribution is -0.114. The van der Waals surface area contributed by atoms with Crippen LogP contribution < -0.4 is 10.6 Å². The molecule has 5 nitrogen and oxygen atoms in total. The van der Waals surface area contributed by atoms with Crippen LogP contribution in [0.5, 0.6) is 0 Å². The summed E-state index contributed by atoms with van der Waals surface area (Å²) in [5.41, 5.74) is 2.19. The standard InChI is InChI=1S/C19H16FN3O2/c1-11-9-15(14-5-3-4-6-17(14)21-11)19(25)23-18-10-13(22-12(2)24)7-8-16(18)20/h3-10H,1-2H3,(H,22,24)(H,23,25). The first-order chi connectivity index (χ1) is 11.9. The number of hydrogen-bond acceptors (Lipinski definition) is 3. The number of aromatic nitrogens is 1. The Morgan fingerprint density at radius 2 is 1.80 bits per heavy atom. The van der Waals surface area contributed by atoms with Gasteiger partial charge >= 0.3 is 0 Å². The maximum Gasteiger partial charge on any atom is 0.256 e. The predicted octanol–water partition coefficient (Wildman–Crippen LogP) is 3.89. The first-order valence-electron chi connectivity index (χ1n) is 7.69. The van der Waals surface area contributed by atoms with Crippen LogP contribution in [0.1, 0.15) is 23.0 Å². The average molecular weight is 337 g/mol. The number of hydrogen-bond donors (Lipinski definition) is 2. The van der Waals surface area contributed by atoms with Gasteiger partial charge in [-0.1, -0.05) is 18.2 Å². The summed E-state index contributed by atoms with van der Waals surface area (Å²) in [6, 6.07) is 12.9. The number of carbonyl (C=O) groups is 2. The van der Waals surface area contributed by atoms with Gasteiger partial charge in [0.25, 0.3) is 5.91 Å². The molecule has 0 saturated heterocycles. The second-order valence-electron chi connectivity index (χ2n) is 5.66. The van der Waals surface area contributed by atoms with E-state index in [1.54, 1.807) is 19.1 Å². The fourth-order valence-corrected chi connectivity index (χ4v) is 2.59. The van der Waals surface area contributed by atoms with Gasteiger partial charge in [0.2, 0.25) is 5.91 Å². The number of pyridine rings is 1. The lowest BCUT2D eigenvalue weighted by atomic mass is 10.1. The van der Waals surface area contributed by atoms with Gasteiger partial charge in [-0.3, -0.25) is 14.6 Å². The van der Waals surface area contributed by atoms with Crippen molar-refractivity contribution in [2.75, 3.05) is 10.6 Å². The molecule has 0 bridgehead atoms. The van der Waals surface area contributed by atoms with Crippen LogP contribution in [0.25, 0.3) is 10.9 Å². The van der Waals surface area contributed by atoms with Gasteiger partial charge in [-0.05, 0) is 37.3 Å². The van der Waals surface area contributed by atoms with Crippen LogP contribution in [0.2, 0.25) is 0 Å². The Balaban J connectivity index is 1.97. The minimum absolute atomic E-state index is 0.00482. The summed E-state index contributed by atoms with van der Waals surface area (Å²) >= 11 is 0. The Kier molecular flexibility index (Phi) is 4.43. The fraction of sp³-hybridized carbons (Fsp3) is 0.105. The Labute approximate surface area is 143 Å². The number of fused-ring (bicyclic) bond motifs is 1. The number of para-hydroxylation sites is 1. The molecule has 2 N–H and O–H groups in total. The SMILES string of the molecule is CC(=O)Nc1ccc(F)c(NC(=O)c2cc(C)nc3ccccc23)c1. The lowest BCUT2D eigenvalue weighted by Gasteiger charge is -2.11. The minimum Gasteiger partial charge on any atom is -0.326 e. The van der Waals surface area contributed by atoms with Crippen molar-refractivity contribution in [3.05, 3.63) is 65.6 Å². The van der Waals surface area contributed by atoms with E-state index in [1.807, 2.05) is 18.2 Å². The molecule has 2 aromatic carbocycles. The Morgan fingerprint density at radius 3 is 2.56 bits per heavy atom. The van der Waals surface area contributed by atoms with E-state index in [0.717, 1.165) is 0 Å². The van der Waals surface area contributed by atoms with Crippen molar-refractivity contribution in [2.45, 2.75) is 13.8 Å². The molecule has 3 rings (SSSR count). The van der Waals surface area contributed by atoms with Crippen molar-refractivity contribution >= 4 is 34.1 Å². The number of nitrogens with zero attached hydrogens (tertiary/aromatic N) is 1. The van der Waals surface area contributed by atoms with Crippen molar-refractivity contribution in [3.8, 4) is 0 Å². The van der Waals surface area contributed by atoms with Crippen LogP contribution in [-0.4, -0.2) is 16.8 Å². The third kappa shape index (κ3) is 3.63. The van der Waals surface area contributed by atoms with Gasteiger partial charge in [0, 0.05) is 23.7 Å². The molecule has 6 heteroatoms. The Morgan fingerprint density at radius 1 is 1.04 bits per heavy atom. The molecule has 0 aliphatic carbocycles. The molecule has 0 fully saturated rings. The molecule has 0 atom stereocenters. The number of aryl methyl sites for hydroxylation is 1. The van der Waals surface area contributed by atoms with Crippen LogP contribution in [0.4, 0.5) is 15.8 Å². The Hall–Kier alpha value is -3.28. The van der Waals surface area contributed by atoms with Gasteiger partial charge in [-0.15, -0.1) is 0 Å². The van der Waals surface area contributed by atoms with E-state index in [0.29, 0.717) is 27.8 Å². The second kappa shape index (κ2) is 6.68. The zero-order chi connectivity index (χ0) is 18.0. The summed E-state index contributed by atoms with van der Waals surface area (Å²) in [4.78, 5) is 28.2. The fourth-order valence-electron chi connectivity index (χ4n) is 2.59. The van der Waals surface area contributed by atoms with Gasteiger partial charge < -0.3 is 10.6 Å². The predicted molar refractivity (Wildman–Crippen MR) is 95.1 cm³/mol. The highest BCUT2D eigenvalue weighted by atomic mass is 19.1. The van der Waals surface area contributed by atoms with E-state index >= 15 is 0 Å². The Bertz CT molecular complexity index is 986. The molecule has 0 saturated carbocycles. The minimum atomic E-state index is -0.586. The summed E-state index contributed by atoms with van der Waals surface area (Å²) in [6.07, 6.45) is 0. The number of halogens is 1. The largest absolute Gasteiger partial charge is 0.326 e. The van der Waals surface area contributed by atoms with Crippen molar-refractivity contribution in [1.82, 2.24) is 4.98 Å². The molecule has 0 unspecified atom stereocenters. The quantitative estimate of drug-likeness (QED) is 0.761. The molecule has 0 spiro atoms. The van der Waals surface area contributed by atoms with Crippen LogP contribution in [0.15, 0.2) is 48.5 Å². The molecule has 0 aliphatic rings. The monoisotopic (exact) mass is 337 g/mol. The first-order valence-corrected chi connectivity index (χ1v) is 7.69. The maximum atomic E-state index is 14.0. The zero-order valence-electron chi connectivity index (χ0n) is 13.8.